The van der Waals surface area contributed by atoms with Gasteiger partial charge in [0, 0.05) is 20.6 Å². The van der Waals surface area contributed by atoms with Crippen LogP contribution in [0.4, 0.5) is 0 Å². The van der Waals surface area contributed by atoms with Crippen LogP contribution in [0.3, 0.4) is 0 Å². The Balaban J connectivity index is 2.83. The van der Waals surface area contributed by atoms with Crippen LogP contribution in [0.5, 0.6) is 0 Å². The molecule has 0 radical (unpaired) electrons. The molecule has 128 valence electrons. The largest absolute Gasteiger partial charge is 0.432 e. The molecule has 1 atom stereocenters. The van der Waals surface area contributed by atoms with E-state index in [4.69, 9.17) is 9.05 Å². The molecule has 0 aliphatic heterocycles. The number of rotatable bonds is 7. The van der Waals surface area contributed by atoms with E-state index in [0.29, 0.717) is 12.8 Å². The SMILES string of the molecule is COP(=O)(CC1=CC(=O)C[C@@H](CC(C)(C)[Si](C)(C)O)C1)OC. The van der Waals surface area contributed by atoms with Crippen LogP contribution in [-0.4, -0.2) is 39.3 Å². The van der Waals surface area contributed by atoms with Gasteiger partial charge in [0.25, 0.3) is 0 Å². The van der Waals surface area contributed by atoms with Gasteiger partial charge in [-0.3, -0.25) is 9.36 Å². The first-order chi connectivity index (χ1) is 9.92. The van der Waals surface area contributed by atoms with Crippen molar-refractivity contribution in [2.24, 2.45) is 5.92 Å². The number of hydrogen-bond donors (Lipinski definition) is 1. The number of ketones is 1. The normalized spacial score (nSPS) is 21.0. The smallest absolute Gasteiger partial charge is 0.334 e. The van der Waals surface area contributed by atoms with Crippen LogP contribution in [0.25, 0.3) is 0 Å². The Hall–Kier alpha value is -0.263. The van der Waals surface area contributed by atoms with Gasteiger partial charge >= 0.3 is 7.60 Å². The molecule has 0 saturated carbocycles. The lowest BCUT2D eigenvalue weighted by Gasteiger charge is -2.38. The first kappa shape index (κ1) is 19.8. The molecule has 0 aromatic carbocycles. The lowest BCUT2D eigenvalue weighted by molar-refractivity contribution is -0.116. The summed E-state index contributed by atoms with van der Waals surface area (Å²) in [5, 5.41) is -0.174. The van der Waals surface area contributed by atoms with Crippen molar-refractivity contribution >= 4 is 21.7 Å². The zero-order valence-electron chi connectivity index (χ0n) is 14.5. The zero-order chi connectivity index (χ0) is 17.2. The van der Waals surface area contributed by atoms with Crippen molar-refractivity contribution in [3.63, 3.8) is 0 Å². The van der Waals surface area contributed by atoms with Crippen LogP contribution in [-0.2, 0) is 18.4 Å². The highest BCUT2D eigenvalue weighted by molar-refractivity contribution is 7.54. The maximum absolute atomic E-state index is 12.2. The van der Waals surface area contributed by atoms with Crippen molar-refractivity contribution < 1.29 is 23.2 Å². The van der Waals surface area contributed by atoms with E-state index in [2.05, 4.69) is 13.8 Å². The predicted octanol–water partition coefficient (Wildman–Crippen LogP) is 3.75. The van der Waals surface area contributed by atoms with Crippen molar-refractivity contribution in [3.8, 4) is 0 Å². The summed E-state index contributed by atoms with van der Waals surface area (Å²) in [6.45, 7) is 7.99. The Morgan fingerprint density at radius 2 is 1.86 bits per heavy atom. The van der Waals surface area contributed by atoms with Crippen molar-refractivity contribution in [2.75, 3.05) is 20.4 Å². The van der Waals surface area contributed by atoms with Gasteiger partial charge < -0.3 is 13.8 Å². The van der Waals surface area contributed by atoms with E-state index in [1.807, 2.05) is 13.1 Å². The lowest BCUT2D eigenvalue weighted by atomic mass is 9.83. The molecule has 1 N–H and O–H groups in total. The van der Waals surface area contributed by atoms with Crippen LogP contribution in [0.2, 0.25) is 18.1 Å². The minimum atomic E-state index is -3.15. The Morgan fingerprint density at radius 3 is 2.32 bits per heavy atom. The van der Waals surface area contributed by atoms with E-state index >= 15 is 0 Å². The molecule has 0 bridgehead atoms. The predicted molar refractivity (Wildman–Crippen MR) is 90.7 cm³/mol. The quantitative estimate of drug-likeness (QED) is 0.560. The molecule has 5 nitrogen and oxygen atoms in total. The third kappa shape index (κ3) is 5.13. The molecule has 0 heterocycles. The standard InChI is InChI=1S/C15H29O5PSi/c1-15(2,22(5,6)18)10-12-7-13(9-14(16)8-12)11-21(17,19-3)20-4/h9,12,18H,7-8,10-11H2,1-6H3/t12-/m0/s1. The summed E-state index contributed by atoms with van der Waals surface area (Å²) in [5.74, 6) is 0.224. The second-order valence-corrected chi connectivity index (χ2v) is 14.1. The third-order valence-corrected chi connectivity index (χ3v) is 10.2. The van der Waals surface area contributed by atoms with Crippen molar-refractivity contribution in [3.05, 3.63) is 11.6 Å². The van der Waals surface area contributed by atoms with Gasteiger partial charge in [-0.15, -0.1) is 0 Å². The summed E-state index contributed by atoms with van der Waals surface area (Å²) >= 11 is 0. The first-order valence-corrected chi connectivity index (χ1v) is 12.2. The highest BCUT2D eigenvalue weighted by Gasteiger charge is 2.40. The molecule has 22 heavy (non-hydrogen) atoms. The van der Waals surface area contributed by atoms with Crippen LogP contribution >= 0.6 is 7.60 Å². The van der Waals surface area contributed by atoms with Gasteiger partial charge in [-0.25, -0.2) is 0 Å². The van der Waals surface area contributed by atoms with E-state index in [1.165, 1.54) is 14.2 Å². The summed E-state index contributed by atoms with van der Waals surface area (Å²) in [5.41, 5.74) is 0.821. The lowest BCUT2D eigenvalue weighted by Crippen LogP contribution is -2.40. The van der Waals surface area contributed by atoms with Crippen molar-refractivity contribution in [1.29, 1.82) is 0 Å². The summed E-state index contributed by atoms with van der Waals surface area (Å²) < 4.78 is 22.2. The first-order valence-electron chi connectivity index (χ1n) is 7.57. The summed E-state index contributed by atoms with van der Waals surface area (Å²) in [7, 11) is -2.74. The van der Waals surface area contributed by atoms with Crippen LogP contribution in [0.15, 0.2) is 11.6 Å². The Labute approximate surface area is 134 Å². The van der Waals surface area contributed by atoms with E-state index in [1.54, 1.807) is 6.08 Å². The number of carbonyl (C=O) groups excluding carboxylic acids is 1. The van der Waals surface area contributed by atoms with E-state index in [9.17, 15) is 14.2 Å². The maximum Gasteiger partial charge on any atom is 0.334 e. The van der Waals surface area contributed by atoms with E-state index in [-0.39, 0.29) is 22.9 Å². The molecule has 0 aromatic heterocycles. The maximum atomic E-state index is 12.2. The van der Waals surface area contributed by atoms with Crippen LogP contribution in [0, 0.1) is 5.92 Å². The van der Waals surface area contributed by atoms with E-state index in [0.717, 1.165) is 12.0 Å². The fraction of sp³-hybridized carbons (Fsp3) is 0.800. The van der Waals surface area contributed by atoms with Crippen molar-refractivity contribution in [2.45, 2.75) is 51.2 Å². The average Bonchev–Trinajstić information content (AvgIpc) is 2.35. The van der Waals surface area contributed by atoms with Crippen LogP contribution in [0.1, 0.15) is 33.1 Å². The molecule has 7 heteroatoms. The molecule has 0 saturated heterocycles. The van der Waals surface area contributed by atoms with Gasteiger partial charge in [0.05, 0.1) is 6.16 Å². The number of carbonyl (C=O) groups is 1. The molecular weight excluding hydrogens is 319 g/mol. The monoisotopic (exact) mass is 348 g/mol. The highest BCUT2D eigenvalue weighted by Crippen LogP contribution is 2.50. The number of allylic oxidation sites excluding steroid dienone is 2. The van der Waals surface area contributed by atoms with E-state index < -0.39 is 15.9 Å². The zero-order valence-corrected chi connectivity index (χ0v) is 16.4. The Kier molecular flexibility index (Phi) is 6.38. The molecular formula is C15H29O5PSi. The third-order valence-electron chi connectivity index (χ3n) is 4.81. The highest BCUT2D eigenvalue weighted by atomic mass is 31.2. The second-order valence-electron chi connectivity index (χ2n) is 7.32. The minimum absolute atomic E-state index is 0.0539. The fourth-order valence-corrected chi connectivity index (χ4v) is 4.66. The van der Waals surface area contributed by atoms with Gasteiger partial charge in [0.1, 0.15) is 0 Å². The minimum Gasteiger partial charge on any atom is -0.432 e. The average molecular weight is 348 g/mol. The molecule has 0 aromatic rings. The summed E-state index contributed by atoms with van der Waals surface area (Å²) in [4.78, 5) is 22.4. The van der Waals surface area contributed by atoms with Gasteiger partial charge in [0.15, 0.2) is 14.1 Å². The molecule has 0 spiro atoms. The Morgan fingerprint density at radius 1 is 1.32 bits per heavy atom. The molecule has 1 aliphatic rings. The molecule has 1 aliphatic carbocycles. The molecule has 1 rings (SSSR count). The summed E-state index contributed by atoms with van der Waals surface area (Å²) in [6, 6.07) is 0. The van der Waals surface area contributed by atoms with Crippen molar-refractivity contribution in [1.82, 2.24) is 0 Å². The fourth-order valence-electron chi connectivity index (χ4n) is 2.75. The van der Waals surface area contributed by atoms with Gasteiger partial charge in [-0.1, -0.05) is 19.4 Å². The van der Waals surface area contributed by atoms with Gasteiger partial charge in [-0.2, -0.15) is 0 Å². The second kappa shape index (κ2) is 7.10. The molecule has 0 fully saturated rings. The number of hydrogen-bond acceptors (Lipinski definition) is 5. The Bertz CT molecular complexity index is 485. The van der Waals surface area contributed by atoms with Gasteiger partial charge in [-0.05, 0) is 43.0 Å². The van der Waals surface area contributed by atoms with Gasteiger partial charge in [0.2, 0.25) is 0 Å². The topological polar surface area (TPSA) is 72.8 Å². The molecule has 0 amide bonds. The summed E-state index contributed by atoms with van der Waals surface area (Å²) in [6.07, 6.45) is 3.71. The molecule has 0 unspecified atom stereocenters. The van der Waals surface area contributed by atoms with Crippen LogP contribution < -0.4 is 0 Å².